The number of nitro groups is 1. The largest absolute Gasteiger partial charge is 0.502 e. The number of morpholine rings is 1. The molecule has 1 saturated heterocycles. The average Bonchev–Trinajstić information content (AvgIpc) is 2.49. The molecule has 2 rings (SSSR count). The first-order valence-electron chi connectivity index (χ1n) is 7.11. The zero-order chi connectivity index (χ0) is 16.9. The van der Waals surface area contributed by atoms with Crippen LogP contribution < -0.4 is 5.43 Å². The molecule has 1 heterocycles. The van der Waals surface area contributed by atoms with Gasteiger partial charge in [0.05, 0.1) is 31.4 Å². The lowest BCUT2D eigenvalue weighted by Gasteiger charge is -2.36. The minimum absolute atomic E-state index is 0.159. The number of hydrogen-bond donors (Lipinski definition) is 2. The van der Waals surface area contributed by atoms with E-state index in [-0.39, 0.29) is 18.0 Å². The number of likely N-dealkylation sites (N-methyl/N-ethyl adjacent to an activating group) is 1. The van der Waals surface area contributed by atoms with E-state index in [1.807, 2.05) is 7.05 Å². The Morgan fingerprint density at radius 3 is 2.87 bits per heavy atom. The third-order valence-corrected chi connectivity index (χ3v) is 3.71. The van der Waals surface area contributed by atoms with E-state index >= 15 is 0 Å². The molecular weight excluding hydrogens is 304 g/mol. The van der Waals surface area contributed by atoms with Gasteiger partial charge in [-0.2, -0.15) is 5.10 Å². The van der Waals surface area contributed by atoms with Crippen LogP contribution in [0.1, 0.15) is 5.56 Å². The van der Waals surface area contributed by atoms with Crippen molar-refractivity contribution in [2.75, 3.05) is 39.9 Å². The molecule has 0 radical (unpaired) electrons. The number of quaternary nitrogens is 1. The molecule has 0 spiro atoms. The molecule has 1 aromatic carbocycles. The molecule has 1 amide bonds. The van der Waals surface area contributed by atoms with E-state index in [0.717, 1.165) is 13.1 Å². The lowest BCUT2D eigenvalue weighted by molar-refractivity contribution is -0.909. The van der Waals surface area contributed by atoms with E-state index in [9.17, 15) is 20.0 Å². The van der Waals surface area contributed by atoms with Gasteiger partial charge in [0.2, 0.25) is 5.75 Å². The van der Waals surface area contributed by atoms with Crippen molar-refractivity contribution >= 4 is 17.8 Å². The number of nitrogens with one attached hydrogen (secondary N) is 1. The minimum atomic E-state index is -0.686. The maximum Gasteiger partial charge on any atom is 0.311 e. The van der Waals surface area contributed by atoms with Crippen molar-refractivity contribution in [1.82, 2.24) is 5.43 Å². The number of ether oxygens (including phenoxy) is 1. The Labute approximate surface area is 132 Å². The predicted octanol–water partition coefficient (Wildman–Crippen LogP) is 0.227. The Morgan fingerprint density at radius 1 is 1.52 bits per heavy atom. The zero-order valence-electron chi connectivity index (χ0n) is 12.8. The number of benzene rings is 1. The van der Waals surface area contributed by atoms with E-state index < -0.39 is 16.4 Å². The Hall–Kier alpha value is -2.52. The van der Waals surface area contributed by atoms with E-state index in [1.54, 1.807) is 0 Å². The number of hydrazone groups is 1. The maximum absolute atomic E-state index is 11.9. The molecule has 2 N–H and O–H groups in total. The van der Waals surface area contributed by atoms with Gasteiger partial charge in [-0.25, -0.2) is 5.43 Å². The summed E-state index contributed by atoms with van der Waals surface area (Å²) >= 11 is 0. The van der Waals surface area contributed by atoms with Crippen molar-refractivity contribution in [3.63, 3.8) is 0 Å². The molecule has 1 fully saturated rings. The van der Waals surface area contributed by atoms with Gasteiger partial charge in [0, 0.05) is 11.6 Å². The second kappa shape index (κ2) is 7.16. The predicted molar refractivity (Wildman–Crippen MR) is 82.1 cm³/mol. The number of nitro benzene ring substituents is 1. The smallest absolute Gasteiger partial charge is 0.311 e. The average molecular weight is 323 g/mol. The fraction of sp³-hybridized carbons (Fsp3) is 0.429. The highest BCUT2D eigenvalue weighted by Gasteiger charge is 2.28. The number of carbonyl (C=O) groups excluding carboxylic acids is 1. The van der Waals surface area contributed by atoms with Gasteiger partial charge in [0.1, 0.15) is 13.1 Å². The summed E-state index contributed by atoms with van der Waals surface area (Å²) in [6.07, 6.45) is 1.18. The Morgan fingerprint density at radius 2 is 2.22 bits per heavy atom. The Kier molecular flexibility index (Phi) is 5.24. The molecule has 0 atom stereocenters. The van der Waals surface area contributed by atoms with Crippen LogP contribution in [-0.4, -0.2) is 66.5 Å². The van der Waals surface area contributed by atoms with Gasteiger partial charge in [-0.05, 0) is 6.07 Å². The number of phenols is 1. The number of carbonyl (C=O) groups is 1. The van der Waals surface area contributed by atoms with Crippen LogP contribution in [-0.2, 0) is 9.53 Å². The van der Waals surface area contributed by atoms with Crippen molar-refractivity contribution in [1.29, 1.82) is 0 Å². The van der Waals surface area contributed by atoms with Crippen LogP contribution in [0.4, 0.5) is 5.69 Å². The molecule has 0 aliphatic carbocycles. The highest BCUT2D eigenvalue weighted by atomic mass is 16.6. The number of rotatable bonds is 5. The summed E-state index contributed by atoms with van der Waals surface area (Å²) in [6.45, 7) is 3.01. The standard InChI is InChI=1S/C14H18N4O5/c1-18(5-7-23-8-6-18)10-13(19)16-15-9-11-3-2-4-12(14(11)20)17(21)22/h2-4,9H,5-8,10H2,1H3,(H-,15,16,19,20)/p+1. The summed E-state index contributed by atoms with van der Waals surface area (Å²) < 4.78 is 5.84. The van der Waals surface area contributed by atoms with Crippen LogP contribution in [0.5, 0.6) is 5.75 Å². The van der Waals surface area contributed by atoms with Crippen molar-refractivity contribution in [2.45, 2.75) is 0 Å². The van der Waals surface area contributed by atoms with Gasteiger partial charge < -0.3 is 14.3 Å². The normalized spacial score (nSPS) is 17.1. The molecule has 0 unspecified atom stereocenters. The van der Waals surface area contributed by atoms with Crippen molar-refractivity contribution in [3.05, 3.63) is 33.9 Å². The summed E-state index contributed by atoms with van der Waals surface area (Å²) in [5.41, 5.74) is 2.12. The molecule has 0 bridgehead atoms. The van der Waals surface area contributed by atoms with Gasteiger partial charge in [0.25, 0.3) is 5.91 Å². The van der Waals surface area contributed by atoms with Gasteiger partial charge in [-0.3, -0.25) is 14.9 Å². The molecule has 0 aromatic heterocycles. The second-order valence-electron chi connectivity index (χ2n) is 5.60. The fourth-order valence-corrected chi connectivity index (χ4v) is 2.30. The fourth-order valence-electron chi connectivity index (χ4n) is 2.30. The summed E-state index contributed by atoms with van der Waals surface area (Å²) in [5, 5.41) is 24.2. The van der Waals surface area contributed by atoms with Crippen LogP contribution in [0.15, 0.2) is 23.3 Å². The first kappa shape index (κ1) is 16.8. The molecule has 23 heavy (non-hydrogen) atoms. The second-order valence-corrected chi connectivity index (χ2v) is 5.60. The Bertz CT molecular complexity index is 626. The quantitative estimate of drug-likeness (QED) is 0.348. The van der Waals surface area contributed by atoms with Crippen molar-refractivity contribution < 1.29 is 24.0 Å². The molecule has 1 aliphatic heterocycles. The first-order chi connectivity index (χ1) is 10.9. The summed E-state index contributed by atoms with van der Waals surface area (Å²) in [6, 6.07) is 4.09. The molecular formula is C14H19N4O5+. The third-order valence-electron chi connectivity index (χ3n) is 3.71. The number of nitrogens with zero attached hydrogens (tertiary/aromatic N) is 3. The highest BCUT2D eigenvalue weighted by Crippen LogP contribution is 2.27. The van der Waals surface area contributed by atoms with E-state index in [4.69, 9.17) is 4.74 Å². The molecule has 124 valence electrons. The monoisotopic (exact) mass is 323 g/mol. The third kappa shape index (κ3) is 4.47. The zero-order valence-corrected chi connectivity index (χ0v) is 12.8. The number of para-hydroxylation sites is 1. The van der Waals surface area contributed by atoms with Crippen LogP contribution in [0.25, 0.3) is 0 Å². The van der Waals surface area contributed by atoms with Crippen LogP contribution in [0, 0.1) is 10.1 Å². The highest BCUT2D eigenvalue weighted by molar-refractivity contribution is 5.87. The van der Waals surface area contributed by atoms with Crippen molar-refractivity contribution in [2.24, 2.45) is 5.10 Å². The molecule has 9 nitrogen and oxygen atoms in total. The van der Waals surface area contributed by atoms with Gasteiger partial charge in [-0.15, -0.1) is 0 Å². The SMILES string of the molecule is C[N+]1(CC(=O)N/N=C/c2cccc([N+](=O)[O-])c2O)CCOCC1. The van der Waals surface area contributed by atoms with Crippen LogP contribution in [0.3, 0.4) is 0 Å². The summed E-state index contributed by atoms with van der Waals surface area (Å²) in [7, 11) is 1.97. The lowest BCUT2D eigenvalue weighted by atomic mass is 10.2. The lowest BCUT2D eigenvalue weighted by Crippen LogP contribution is -2.55. The Balaban J connectivity index is 1.95. The van der Waals surface area contributed by atoms with E-state index in [0.29, 0.717) is 17.7 Å². The summed E-state index contributed by atoms with van der Waals surface area (Å²) in [5.74, 6) is -0.752. The van der Waals surface area contributed by atoms with Crippen molar-refractivity contribution in [3.8, 4) is 5.75 Å². The molecule has 9 heteroatoms. The van der Waals surface area contributed by atoms with Crippen LogP contribution in [0.2, 0.25) is 0 Å². The van der Waals surface area contributed by atoms with E-state index in [2.05, 4.69) is 10.5 Å². The molecule has 0 saturated carbocycles. The molecule has 1 aromatic rings. The molecule has 1 aliphatic rings. The van der Waals surface area contributed by atoms with Crippen LogP contribution >= 0.6 is 0 Å². The number of aromatic hydroxyl groups is 1. The van der Waals surface area contributed by atoms with Gasteiger partial charge in [-0.1, -0.05) is 6.07 Å². The topological polar surface area (TPSA) is 114 Å². The summed E-state index contributed by atoms with van der Waals surface area (Å²) in [4.78, 5) is 22.0. The van der Waals surface area contributed by atoms with Gasteiger partial charge >= 0.3 is 5.69 Å². The van der Waals surface area contributed by atoms with E-state index in [1.165, 1.54) is 24.4 Å². The maximum atomic E-state index is 11.9. The number of hydrogen-bond acceptors (Lipinski definition) is 6. The minimum Gasteiger partial charge on any atom is -0.502 e. The number of amides is 1. The first-order valence-corrected chi connectivity index (χ1v) is 7.11. The van der Waals surface area contributed by atoms with Gasteiger partial charge in [0.15, 0.2) is 6.54 Å². The number of phenolic OH excluding ortho intramolecular Hbond substituents is 1.